The minimum absolute atomic E-state index is 0.362. The van der Waals surface area contributed by atoms with Crippen LogP contribution in [0.5, 0.6) is 0 Å². The summed E-state index contributed by atoms with van der Waals surface area (Å²) < 4.78 is 0. The van der Waals surface area contributed by atoms with Gasteiger partial charge in [0.25, 0.3) is 0 Å². The van der Waals surface area contributed by atoms with Crippen LogP contribution in [0.4, 0.5) is 0 Å². The van der Waals surface area contributed by atoms with Crippen molar-refractivity contribution in [3.63, 3.8) is 0 Å². The van der Waals surface area contributed by atoms with Crippen LogP contribution in [-0.4, -0.2) is 0 Å². The van der Waals surface area contributed by atoms with Gasteiger partial charge < -0.3 is 0 Å². The van der Waals surface area contributed by atoms with Crippen molar-refractivity contribution in [1.29, 1.82) is 0 Å². The molecule has 0 saturated heterocycles. The van der Waals surface area contributed by atoms with Gasteiger partial charge in [-0.2, -0.15) is 0 Å². The van der Waals surface area contributed by atoms with E-state index in [1.54, 1.807) is 0 Å². The van der Waals surface area contributed by atoms with Gasteiger partial charge in [-0.05, 0) is 47.8 Å². The zero-order valence-electron chi connectivity index (χ0n) is 15.1. The Morgan fingerprint density at radius 1 is 0.900 bits per heavy atom. The quantitative estimate of drug-likeness (QED) is 0.463. The molecule has 0 N–H and O–H groups in total. The maximum atomic E-state index is 6.29. The molecule has 0 radical (unpaired) electrons. The standard InChI is InChI=1S/C19H37Cl/c1-14(12-18(4,5)6)10-11-17(16(3)20)15(2)13-19(7,8)9/h14-15,17H,3,10-13H2,1-2,4-9H3/t14?,15-,17?/m0/s1. The van der Waals surface area contributed by atoms with Crippen molar-refractivity contribution in [3.05, 3.63) is 11.6 Å². The van der Waals surface area contributed by atoms with Gasteiger partial charge in [-0.15, -0.1) is 0 Å². The third-order valence-electron chi connectivity index (χ3n) is 3.95. The van der Waals surface area contributed by atoms with Gasteiger partial charge in [0.15, 0.2) is 0 Å². The van der Waals surface area contributed by atoms with Crippen LogP contribution in [0.2, 0.25) is 0 Å². The second kappa shape index (κ2) is 7.87. The van der Waals surface area contributed by atoms with Gasteiger partial charge in [0.2, 0.25) is 0 Å². The molecule has 3 atom stereocenters. The summed E-state index contributed by atoms with van der Waals surface area (Å²) in [7, 11) is 0. The van der Waals surface area contributed by atoms with Crippen molar-refractivity contribution in [3.8, 4) is 0 Å². The van der Waals surface area contributed by atoms with E-state index in [1.165, 1.54) is 25.7 Å². The Labute approximate surface area is 133 Å². The van der Waals surface area contributed by atoms with E-state index in [4.69, 9.17) is 11.6 Å². The van der Waals surface area contributed by atoms with E-state index < -0.39 is 0 Å². The summed E-state index contributed by atoms with van der Waals surface area (Å²) in [5.74, 6) is 1.83. The molecule has 0 saturated carbocycles. The van der Waals surface area contributed by atoms with E-state index in [0.717, 1.165) is 11.0 Å². The first-order chi connectivity index (χ1) is 8.82. The molecule has 120 valence electrons. The fourth-order valence-electron chi connectivity index (χ4n) is 3.47. The first-order valence-corrected chi connectivity index (χ1v) is 8.54. The molecular formula is C19H37Cl. The fraction of sp³-hybridized carbons (Fsp3) is 0.895. The molecule has 0 heterocycles. The molecule has 1 heteroatoms. The summed E-state index contributed by atoms with van der Waals surface area (Å²) >= 11 is 6.29. The van der Waals surface area contributed by atoms with Crippen molar-refractivity contribution in [2.24, 2.45) is 28.6 Å². The lowest BCUT2D eigenvalue weighted by Crippen LogP contribution is -2.20. The van der Waals surface area contributed by atoms with Crippen molar-refractivity contribution < 1.29 is 0 Å². The van der Waals surface area contributed by atoms with E-state index >= 15 is 0 Å². The molecule has 0 aromatic carbocycles. The fourth-order valence-corrected chi connectivity index (χ4v) is 3.79. The Balaban J connectivity index is 4.46. The summed E-state index contributed by atoms with van der Waals surface area (Å²) in [6, 6.07) is 0. The zero-order valence-corrected chi connectivity index (χ0v) is 15.9. The van der Waals surface area contributed by atoms with Crippen LogP contribution in [0.1, 0.15) is 81.1 Å². The monoisotopic (exact) mass is 300 g/mol. The largest absolute Gasteiger partial charge is 0.0895 e. The van der Waals surface area contributed by atoms with Gasteiger partial charge in [-0.25, -0.2) is 0 Å². The predicted molar refractivity (Wildman–Crippen MR) is 94.2 cm³/mol. The molecule has 0 nitrogen and oxygen atoms in total. The number of hydrogen-bond acceptors (Lipinski definition) is 0. The summed E-state index contributed by atoms with van der Waals surface area (Å²) in [6.07, 6.45) is 4.91. The van der Waals surface area contributed by atoms with Gasteiger partial charge >= 0.3 is 0 Å². The molecule has 2 unspecified atom stereocenters. The highest BCUT2D eigenvalue weighted by molar-refractivity contribution is 6.29. The number of halogens is 1. The molecule has 0 bridgehead atoms. The average Bonchev–Trinajstić information content (AvgIpc) is 2.10. The van der Waals surface area contributed by atoms with Crippen molar-refractivity contribution >= 4 is 11.6 Å². The van der Waals surface area contributed by atoms with Gasteiger partial charge in [0.05, 0.1) is 0 Å². The van der Waals surface area contributed by atoms with Crippen LogP contribution < -0.4 is 0 Å². The van der Waals surface area contributed by atoms with E-state index in [2.05, 4.69) is 62.0 Å². The number of rotatable bonds is 7. The van der Waals surface area contributed by atoms with E-state index in [0.29, 0.717) is 22.7 Å². The molecule has 0 aliphatic heterocycles. The van der Waals surface area contributed by atoms with Crippen LogP contribution in [0, 0.1) is 28.6 Å². The van der Waals surface area contributed by atoms with Crippen LogP contribution in [0.15, 0.2) is 11.6 Å². The highest BCUT2D eigenvalue weighted by atomic mass is 35.5. The molecular weight excluding hydrogens is 264 g/mol. The SMILES string of the molecule is C=C(Cl)C(CCC(C)CC(C)(C)C)[C@@H](C)CC(C)(C)C. The first-order valence-electron chi connectivity index (χ1n) is 8.16. The van der Waals surface area contributed by atoms with Crippen molar-refractivity contribution in [2.45, 2.75) is 81.1 Å². The van der Waals surface area contributed by atoms with Crippen molar-refractivity contribution in [2.75, 3.05) is 0 Å². The summed E-state index contributed by atoms with van der Waals surface area (Å²) in [4.78, 5) is 0. The minimum atomic E-state index is 0.362. The Morgan fingerprint density at radius 3 is 1.70 bits per heavy atom. The number of allylic oxidation sites excluding steroid dienone is 1. The topological polar surface area (TPSA) is 0 Å². The Hall–Kier alpha value is 0.0300. The van der Waals surface area contributed by atoms with Crippen LogP contribution >= 0.6 is 11.6 Å². The smallest absolute Gasteiger partial charge is 0.0142 e. The van der Waals surface area contributed by atoms with Gasteiger partial charge in [0.1, 0.15) is 0 Å². The second-order valence-corrected chi connectivity index (χ2v) is 9.73. The summed E-state index contributed by atoms with van der Waals surface area (Å²) in [5, 5.41) is 0.852. The average molecular weight is 301 g/mol. The third-order valence-corrected chi connectivity index (χ3v) is 4.24. The van der Waals surface area contributed by atoms with Gasteiger partial charge in [-0.3, -0.25) is 0 Å². The molecule has 0 aromatic rings. The van der Waals surface area contributed by atoms with Crippen LogP contribution in [0.25, 0.3) is 0 Å². The third kappa shape index (κ3) is 9.86. The second-order valence-electron chi connectivity index (χ2n) is 9.24. The highest BCUT2D eigenvalue weighted by Crippen LogP contribution is 2.37. The lowest BCUT2D eigenvalue weighted by molar-refractivity contribution is 0.234. The Bertz CT molecular complexity index is 290. The molecule has 0 amide bonds. The highest BCUT2D eigenvalue weighted by Gasteiger charge is 2.25. The maximum absolute atomic E-state index is 6.29. The predicted octanol–water partition coefficient (Wildman–Crippen LogP) is 7.28. The van der Waals surface area contributed by atoms with Crippen molar-refractivity contribution in [1.82, 2.24) is 0 Å². The molecule has 0 spiro atoms. The number of hydrogen-bond donors (Lipinski definition) is 0. The van der Waals surface area contributed by atoms with Crippen LogP contribution in [-0.2, 0) is 0 Å². The van der Waals surface area contributed by atoms with E-state index in [9.17, 15) is 0 Å². The maximum Gasteiger partial charge on any atom is 0.0142 e. The van der Waals surface area contributed by atoms with Gasteiger partial charge in [-0.1, -0.05) is 80.0 Å². The lowest BCUT2D eigenvalue weighted by atomic mass is 9.76. The molecule has 0 rings (SSSR count). The van der Waals surface area contributed by atoms with E-state index in [1.807, 2.05) is 0 Å². The lowest BCUT2D eigenvalue weighted by Gasteiger charge is -2.31. The minimum Gasteiger partial charge on any atom is -0.0895 e. The molecule has 0 aliphatic rings. The van der Waals surface area contributed by atoms with Crippen LogP contribution in [0.3, 0.4) is 0 Å². The Kier molecular flexibility index (Phi) is 7.89. The zero-order chi connectivity index (χ0) is 16.1. The molecule has 0 fully saturated rings. The van der Waals surface area contributed by atoms with E-state index in [-0.39, 0.29) is 0 Å². The normalized spacial score (nSPS) is 17.6. The van der Waals surface area contributed by atoms with Gasteiger partial charge in [0, 0.05) is 5.03 Å². The first kappa shape index (κ1) is 20.0. The summed E-state index contributed by atoms with van der Waals surface area (Å²) in [6.45, 7) is 22.6. The summed E-state index contributed by atoms with van der Waals surface area (Å²) in [5.41, 5.74) is 0.783. The Morgan fingerprint density at radius 2 is 1.35 bits per heavy atom. The molecule has 0 aromatic heterocycles. The molecule has 20 heavy (non-hydrogen) atoms. The molecule has 0 aliphatic carbocycles.